The summed E-state index contributed by atoms with van der Waals surface area (Å²) in [6, 6.07) is 7.06. The number of amides is 1. The van der Waals surface area contributed by atoms with E-state index in [0.717, 1.165) is 19.3 Å². The molecule has 0 bridgehead atoms. The highest BCUT2D eigenvalue weighted by Crippen LogP contribution is 2.28. The summed E-state index contributed by atoms with van der Waals surface area (Å²) in [4.78, 5) is 12.5. The SMILES string of the molecule is CC[C@H](NC(=O)C1CCCCC1)c1ccc2c(c1)CCCC2. The van der Waals surface area contributed by atoms with Gasteiger partial charge in [0.15, 0.2) is 0 Å². The Labute approximate surface area is 134 Å². The minimum atomic E-state index is 0.182. The largest absolute Gasteiger partial charge is 0.349 e. The molecule has 1 saturated carbocycles. The van der Waals surface area contributed by atoms with Crippen LogP contribution in [0.3, 0.4) is 0 Å². The third kappa shape index (κ3) is 3.53. The lowest BCUT2D eigenvalue weighted by Crippen LogP contribution is -2.34. The molecule has 3 rings (SSSR count). The quantitative estimate of drug-likeness (QED) is 0.857. The smallest absolute Gasteiger partial charge is 0.223 e. The van der Waals surface area contributed by atoms with E-state index in [-0.39, 0.29) is 17.9 Å². The van der Waals surface area contributed by atoms with Crippen molar-refractivity contribution in [1.29, 1.82) is 0 Å². The third-order valence-electron chi connectivity index (χ3n) is 5.48. The van der Waals surface area contributed by atoms with Gasteiger partial charge in [-0.2, -0.15) is 0 Å². The van der Waals surface area contributed by atoms with Crippen molar-refractivity contribution in [2.75, 3.05) is 0 Å². The summed E-state index contributed by atoms with van der Waals surface area (Å²) in [5.74, 6) is 0.532. The molecule has 1 N–H and O–H groups in total. The zero-order valence-electron chi connectivity index (χ0n) is 13.9. The normalized spacial score (nSPS) is 20.2. The molecule has 0 aromatic heterocycles. The van der Waals surface area contributed by atoms with Crippen LogP contribution in [0, 0.1) is 5.92 Å². The molecule has 120 valence electrons. The van der Waals surface area contributed by atoms with E-state index in [2.05, 4.69) is 30.4 Å². The molecular weight excluding hydrogens is 270 g/mol. The summed E-state index contributed by atoms with van der Waals surface area (Å²) in [7, 11) is 0. The van der Waals surface area contributed by atoms with Crippen molar-refractivity contribution < 1.29 is 4.79 Å². The van der Waals surface area contributed by atoms with Gasteiger partial charge in [0.1, 0.15) is 0 Å². The summed E-state index contributed by atoms with van der Waals surface area (Å²) in [5, 5.41) is 3.32. The van der Waals surface area contributed by atoms with Gasteiger partial charge < -0.3 is 5.32 Å². The maximum absolute atomic E-state index is 12.5. The molecule has 22 heavy (non-hydrogen) atoms. The molecule has 1 fully saturated rings. The van der Waals surface area contributed by atoms with E-state index in [1.165, 1.54) is 61.6 Å². The van der Waals surface area contributed by atoms with Crippen LogP contribution in [0.4, 0.5) is 0 Å². The van der Waals surface area contributed by atoms with Gasteiger partial charge in [0.05, 0.1) is 6.04 Å². The Kier molecular flexibility index (Phi) is 5.17. The maximum Gasteiger partial charge on any atom is 0.223 e. The Morgan fingerprint density at radius 2 is 1.82 bits per heavy atom. The molecule has 2 aliphatic carbocycles. The van der Waals surface area contributed by atoms with E-state index in [9.17, 15) is 4.79 Å². The average Bonchev–Trinajstić information content (AvgIpc) is 2.59. The van der Waals surface area contributed by atoms with Gasteiger partial charge in [0, 0.05) is 5.92 Å². The Hall–Kier alpha value is -1.31. The van der Waals surface area contributed by atoms with Crippen LogP contribution in [0.1, 0.15) is 81.0 Å². The van der Waals surface area contributed by atoms with Gasteiger partial charge in [-0.05, 0) is 61.6 Å². The summed E-state index contributed by atoms with van der Waals surface area (Å²) in [5.41, 5.74) is 4.32. The number of fused-ring (bicyclic) bond motifs is 1. The van der Waals surface area contributed by atoms with Gasteiger partial charge in [-0.25, -0.2) is 0 Å². The summed E-state index contributed by atoms with van der Waals surface area (Å²) < 4.78 is 0. The zero-order chi connectivity index (χ0) is 15.4. The Morgan fingerprint density at radius 1 is 1.09 bits per heavy atom. The first-order valence-corrected chi connectivity index (χ1v) is 9.20. The van der Waals surface area contributed by atoms with Gasteiger partial charge in [-0.1, -0.05) is 44.4 Å². The standard InChI is InChI=1S/C20H29NO/c1-2-19(21-20(22)16-9-4-3-5-10-16)18-13-12-15-8-6-7-11-17(15)14-18/h12-14,16,19H,2-11H2,1H3,(H,21,22)/t19-/m0/s1. The lowest BCUT2D eigenvalue weighted by atomic mass is 9.87. The topological polar surface area (TPSA) is 29.1 Å². The second-order valence-corrected chi connectivity index (χ2v) is 7.04. The molecule has 0 unspecified atom stereocenters. The first kappa shape index (κ1) is 15.6. The van der Waals surface area contributed by atoms with Crippen LogP contribution in [-0.4, -0.2) is 5.91 Å². The number of nitrogens with one attached hydrogen (secondary N) is 1. The number of benzene rings is 1. The fourth-order valence-corrected chi connectivity index (χ4v) is 4.05. The van der Waals surface area contributed by atoms with Crippen molar-refractivity contribution >= 4 is 5.91 Å². The lowest BCUT2D eigenvalue weighted by molar-refractivity contribution is -0.126. The molecule has 0 spiro atoms. The van der Waals surface area contributed by atoms with Gasteiger partial charge in [-0.15, -0.1) is 0 Å². The maximum atomic E-state index is 12.5. The molecular formula is C20H29NO. The molecule has 0 heterocycles. The molecule has 1 aromatic carbocycles. The van der Waals surface area contributed by atoms with Crippen molar-refractivity contribution in [3.8, 4) is 0 Å². The van der Waals surface area contributed by atoms with Crippen molar-refractivity contribution in [3.63, 3.8) is 0 Å². The Balaban J connectivity index is 1.69. The Morgan fingerprint density at radius 3 is 2.55 bits per heavy atom. The highest BCUT2D eigenvalue weighted by atomic mass is 16.1. The molecule has 2 nitrogen and oxygen atoms in total. The minimum absolute atomic E-state index is 0.182. The number of carbonyl (C=O) groups is 1. The van der Waals surface area contributed by atoms with Crippen LogP contribution < -0.4 is 5.32 Å². The minimum Gasteiger partial charge on any atom is -0.349 e. The Bertz CT molecular complexity index is 516. The van der Waals surface area contributed by atoms with Gasteiger partial charge in [-0.3, -0.25) is 4.79 Å². The average molecular weight is 299 g/mol. The predicted molar refractivity (Wildman–Crippen MR) is 90.8 cm³/mol. The first-order valence-electron chi connectivity index (χ1n) is 9.20. The molecule has 0 saturated heterocycles. The lowest BCUT2D eigenvalue weighted by Gasteiger charge is -2.26. The molecule has 2 aliphatic rings. The second kappa shape index (κ2) is 7.30. The molecule has 0 aliphatic heterocycles. The summed E-state index contributed by atoms with van der Waals surface area (Å²) in [6.45, 7) is 2.17. The van der Waals surface area contributed by atoms with E-state index >= 15 is 0 Å². The van der Waals surface area contributed by atoms with Crippen molar-refractivity contribution in [1.82, 2.24) is 5.32 Å². The van der Waals surface area contributed by atoms with Crippen LogP contribution in [-0.2, 0) is 17.6 Å². The van der Waals surface area contributed by atoms with Crippen molar-refractivity contribution in [3.05, 3.63) is 34.9 Å². The van der Waals surface area contributed by atoms with E-state index in [1.807, 2.05) is 0 Å². The van der Waals surface area contributed by atoms with Gasteiger partial charge in [0.2, 0.25) is 5.91 Å². The summed E-state index contributed by atoms with van der Waals surface area (Å²) >= 11 is 0. The van der Waals surface area contributed by atoms with Gasteiger partial charge in [0.25, 0.3) is 0 Å². The number of aryl methyl sites for hydroxylation is 2. The van der Waals surface area contributed by atoms with Crippen LogP contribution >= 0.6 is 0 Å². The fraction of sp³-hybridized carbons (Fsp3) is 0.650. The highest BCUT2D eigenvalue weighted by molar-refractivity contribution is 5.79. The van der Waals surface area contributed by atoms with E-state index in [1.54, 1.807) is 0 Å². The van der Waals surface area contributed by atoms with E-state index in [0.29, 0.717) is 0 Å². The zero-order valence-corrected chi connectivity index (χ0v) is 13.9. The monoisotopic (exact) mass is 299 g/mol. The predicted octanol–water partition coefficient (Wildman–Crippen LogP) is 4.71. The van der Waals surface area contributed by atoms with Crippen LogP contribution in [0.25, 0.3) is 0 Å². The van der Waals surface area contributed by atoms with E-state index in [4.69, 9.17) is 0 Å². The van der Waals surface area contributed by atoms with Crippen molar-refractivity contribution in [2.45, 2.75) is 77.2 Å². The summed E-state index contributed by atoms with van der Waals surface area (Å²) in [6.07, 6.45) is 11.9. The molecule has 1 atom stereocenters. The van der Waals surface area contributed by atoms with Crippen LogP contribution in [0.15, 0.2) is 18.2 Å². The third-order valence-corrected chi connectivity index (χ3v) is 5.48. The number of rotatable bonds is 4. The van der Waals surface area contributed by atoms with E-state index < -0.39 is 0 Å². The number of hydrogen-bond donors (Lipinski definition) is 1. The molecule has 1 aromatic rings. The second-order valence-electron chi connectivity index (χ2n) is 7.04. The number of carbonyl (C=O) groups excluding carboxylic acids is 1. The number of hydrogen-bond acceptors (Lipinski definition) is 1. The first-order chi connectivity index (χ1) is 10.8. The van der Waals surface area contributed by atoms with Crippen LogP contribution in [0.2, 0.25) is 0 Å². The van der Waals surface area contributed by atoms with Gasteiger partial charge >= 0.3 is 0 Å². The fourth-order valence-electron chi connectivity index (χ4n) is 4.05. The highest BCUT2D eigenvalue weighted by Gasteiger charge is 2.23. The molecule has 1 amide bonds. The van der Waals surface area contributed by atoms with Crippen LogP contribution in [0.5, 0.6) is 0 Å². The molecule has 0 radical (unpaired) electrons. The van der Waals surface area contributed by atoms with Crippen molar-refractivity contribution in [2.24, 2.45) is 5.92 Å². The molecule has 2 heteroatoms.